The fourth-order valence-electron chi connectivity index (χ4n) is 2.46. The van der Waals surface area contributed by atoms with Crippen molar-refractivity contribution in [1.82, 2.24) is 0 Å². The summed E-state index contributed by atoms with van der Waals surface area (Å²) in [5, 5.41) is 0. The predicted molar refractivity (Wildman–Crippen MR) is 92.6 cm³/mol. The third-order valence-electron chi connectivity index (χ3n) is 3.85. The smallest absolute Gasteiger partial charge is 0.338 e. The molecule has 5 heteroatoms. The molecule has 1 heterocycles. The molecule has 0 saturated carbocycles. The minimum absolute atomic E-state index is 0.374. The third-order valence-corrected chi connectivity index (χ3v) is 7.54. The Balaban J connectivity index is 2.30. The molecule has 1 unspecified atom stereocenters. The first-order valence-corrected chi connectivity index (χ1v) is 11.5. The van der Waals surface area contributed by atoms with Crippen molar-refractivity contribution in [3.05, 3.63) is 0 Å². The summed E-state index contributed by atoms with van der Waals surface area (Å²) >= 11 is 0. The third kappa shape index (κ3) is 9.25. The van der Waals surface area contributed by atoms with E-state index in [0.29, 0.717) is 6.10 Å². The lowest BCUT2D eigenvalue weighted by Gasteiger charge is -2.31. The minimum atomic E-state index is -2.01. The molecular formula is C17H36O4Si. The zero-order chi connectivity index (χ0) is 16.1. The van der Waals surface area contributed by atoms with Gasteiger partial charge in [0.25, 0.3) is 0 Å². The highest BCUT2D eigenvalue weighted by Crippen LogP contribution is 2.25. The lowest BCUT2D eigenvalue weighted by Crippen LogP contribution is -2.42. The molecule has 1 aliphatic heterocycles. The quantitative estimate of drug-likeness (QED) is 0.240. The summed E-state index contributed by atoms with van der Waals surface area (Å²) in [5.41, 5.74) is 0. The van der Waals surface area contributed by atoms with Crippen molar-refractivity contribution >= 4 is 8.56 Å². The monoisotopic (exact) mass is 332 g/mol. The zero-order valence-corrected chi connectivity index (χ0v) is 15.9. The first-order valence-electron chi connectivity index (χ1n) is 9.23. The highest BCUT2D eigenvalue weighted by molar-refractivity contribution is 6.67. The molecule has 22 heavy (non-hydrogen) atoms. The molecule has 1 rings (SSSR count). The number of ether oxygens (including phenoxy) is 2. The van der Waals surface area contributed by atoms with Crippen LogP contribution < -0.4 is 0 Å². The van der Waals surface area contributed by atoms with Crippen LogP contribution in [0.2, 0.25) is 12.1 Å². The molecule has 0 bridgehead atoms. The lowest BCUT2D eigenvalue weighted by atomic mass is 10.3. The van der Waals surface area contributed by atoms with Gasteiger partial charge in [-0.1, -0.05) is 33.6 Å². The van der Waals surface area contributed by atoms with Gasteiger partial charge in [0.15, 0.2) is 0 Å². The molecule has 0 radical (unpaired) electrons. The molecule has 0 aromatic rings. The molecule has 0 amide bonds. The van der Waals surface area contributed by atoms with E-state index in [1.54, 1.807) is 0 Å². The van der Waals surface area contributed by atoms with Gasteiger partial charge in [-0.2, -0.15) is 0 Å². The van der Waals surface area contributed by atoms with Gasteiger partial charge in [-0.3, -0.25) is 0 Å². The van der Waals surface area contributed by atoms with Gasteiger partial charge in [-0.25, -0.2) is 0 Å². The minimum Gasteiger partial charge on any atom is -0.394 e. The van der Waals surface area contributed by atoms with Crippen LogP contribution in [0.5, 0.6) is 0 Å². The van der Waals surface area contributed by atoms with Gasteiger partial charge in [-0.15, -0.1) is 0 Å². The summed E-state index contributed by atoms with van der Waals surface area (Å²) in [5.74, 6) is 0. The summed E-state index contributed by atoms with van der Waals surface area (Å²) in [6, 6.07) is 2.25. The van der Waals surface area contributed by atoms with E-state index in [4.69, 9.17) is 18.3 Å². The molecule has 1 aliphatic rings. The Kier molecular flexibility index (Phi) is 11.4. The molecule has 0 aliphatic carbocycles. The molecule has 1 fully saturated rings. The molecule has 0 spiro atoms. The van der Waals surface area contributed by atoms with E-state index in [9.17, 15) is 0 Å². The number of unbranched alkanes of at least 4 members (excludes halogenated alkanes) is 2. The highest BCUT2D eigenvalue weighted by atomic mass is 28.4. The summed E-state index contributed by atoms with van der Waals surface area (Å²) < 4.78 is 23.4. The number of rotatable bonds is 16. The SMILES string of the molecule is CCCC[Si](CCCCOCC1CO1)(OCCC)OCCC. The van der Waals surface area contributed by atoms with Crippen LogP contribution in [0.15, 0.2) is 0 Å². The molecule has 0 N–H and O–H groups in total. The maximum Gasteiger partial charge on any atom is 0.338 e. The second-order valence-electron chi connectivity index (χ2n) is 6.20. The van der Waals surface area contributed by atoms with Crippen LogP contribution in [-0.2, 0) is 18.3 Å². The van der Waals surface area contributed by atoms with Gasteiger partial charge in [-0.05, 0) is 37.8 Å². The standard InChI is InChI=1S/C17H36O4Si/c1-4-7-13-22(20-10-5-2,21-11-6-3)14-9-8-12-18-15-17-16-19-17/h17H,4-16H2,1-3H3. The van der Waals surface area contributed by atoms with Gasteiger partial charge >= 0.3 is 8.56 Å². The molecule has 1 atom stereocenters. The summed E-state index contributed by atoms with van der Waals surface area (Å²) in [4.78, 5) is 0. The van der Waals surface area contributed by atoms with Crippen molar-refractivity contribution in [2.75, 3.05) is 33.0 Å². The van der Waals surface area contributed by atoms with E-state index in [1.165, 1.54) is 12.8 Å². The molecule has 132 valence electrons. The largest absolute Gasteiger partial charge is 0.394 e. The number of epoxide rings is 1. The van der Waals surface area contributed by atoms with E-state index in [2.05, 4.69) is 20.8 Å². The van der Waals surface area contributed by atoms with Gasteiger partial charge in [0.1, 0.15) is 6.10 Å². The second-order valence-corrected chi connectivity index (χ2v) is 9.60. The molecule has 1 saturated heterocycles. The first kappa shape index (κ1) is 20.1. The van der Waals surface area contributed by atoms with Crippen LogP contribution in [-0.4, -0.2) is 47.7 Å². The highest BCUT2D eigenvalue weighted by Gasteiger charge is 2.36. The first-order chi connectivity index (χ1) is 10.8. The number of hydrogen-bond donors (Lipinski definition) is 0. The van der Waals surface area contributed by atoms with Crippen LogP contribution >= 0.6 is 0 Å². The molecular weight excluding hydrogens is 296 g/mol. The van der Waals surface area contributed by atoms with E-state index in [1.807, 2.05) is 0 Å². The summed E-state index contributed by atoms with van der Waals surface area (Å²) in [6.45, 7) is 10.7. The Labute approximate surface area is 138 Å². The van der Waals surface area contributed by atoms with E-state index in [0.717, 1.165) is 70.8 Å². The molecule has 4 nitrogen and oxygen atoms in total. The maximum atomic E-state index is 6.29. The predicted octanol–water partition coefficient (Wildman–Crippen LogP) is 4.28. The second kappa shape index (κ2) is 12.5. The van der Waals surface area contributed by atoms with Crippen LogP contribution in [0.25, 0.3) is 0 Å². The average Bonchev–Trinajstić information content (AvgIpc) is 3.36. The van der Waals surface area contributed by atoms with Crippen LogP contribution in [0.3, 0.4) is 0 Å². The van der Waals surface area contributed by atoms with Gasteiger partial charge < -0.3 is 18.3 Å². The normalized spacial score (nSPS) is 17.9. The summed E-state index contributed by atoms with van der Waals surface area (Å²) in [6.07, 6.45) is 7.19. The van der Waals surface area contributed by atoms with Crippen molar-refractivity contribution in [3.63, 3.8) is 0 Å². The average molecular weight is 333 g/mol. The summed E-state index contributed by atoms with van der Waals surface area (Å²) in [7, 11) is -2.01. The van der Waals surface area contributed by atoms with Gasteiger partial charge in [0.05, 0.1) is 13.2 Å². The molecule has 0 aromatic heterocycles. The fourth-order valence-corrected chi connectivity index (χ4v) is 6.20. The molecule has 0 aromatic carbocycles. The Hall–Kier alpha value is 0.0569. The number of hydrogen-bond acceptors (Lipinski definition) is 4. The van der Waals surface area contributed by atoms with Crippen molar-refractivity contribution < 1.29 is 18.3 Å². The van der Waals surface area contributed by atoms with Crippen molar-refractivity contribution in [1.29, 1.82) is 0 Å². The van der Waals surface area contributed by atoms with Crippen LogP contribution in [0, 0.1) is 0 Å². The topological polar surface area (TPSA) is 40.2 Å². The zero-order valence-electron chi connectivity index (χ0n) is 14.9. The fraction of sp³-hybridized carbons (Fsp3) is 1.00. The van der Waals surface area contributed by atoms with E-state index < -0.39 is 8.56 Å². The van der Waals surface area contributed by atoms with E-state index in [-0.39, 0.29) is 0 Å². The maximum absolute atomic E-state index is 6.29. The van der Waals surface area contributed by atoms with Crippen molar-refractivity contribution in [2.45, 2.75) is 77.5 Å². The Morgan fingerprint density at radius 3 is 2.05 bits per heavy atom. The lowest BCUT2D eigenvalue weighted by molar-refractivity contribution is 0.112. The van der Waals surface area contributed by atoms with Gasteiger partial charge in [0, 0.05) is 19.8 Å². The van der Waals surface area contributed by atoms with E-state index >= 15 is 0 Å². The van der Waals surface area contributed by atoms with Crippen LogP contribution in [0.1, 0.15) is 59.3 Å². The van der Waals surface area contributed by atoms with Crippen LogP contribution in [0.4, 0.5) is 0 Å². The Morgan fingerprint density at radius 2 is 1.50 bits per heavy atom. The van der Waals surface area contributed by atoms with Crippen molar-refractivity contribution in [2.24, 2.45) is 0 Å². The van der Waals surface area contributed by atoms with Crippen molar-refractivity contribution in [3.8, 4) is 0 Å². The Bertz CT molecular complexity index is 237. The van der Waals surface area contributed by atoms with Gasteiger partial charge in [0.2, 0.25) is 0 Å². The Morgan fingerprint density at radius 1 is 0.864 bits per heavy atom.